The van der Waals surface area contributed by atoms with Crippen molar-refractivity contribution in [3.63, 3.8) is 0 Å². The quantitative estimate of drug-likeness (QED) is 0.434. The normalized spacial score (nSPS) is 12.0. The molecule has 1 N–H and O–H groups in total. The minimum absolute atomic E-state index is 0.661. The van der Waals surface area contributed by atoms with Gasteiger partial charge >= 0.3 is 8.80 Å². The van der Waals surface area contributed by atoms with Crippen LogP contribution in [0.4, 0.5) is 0 Å². The molecule has 0 aliphatic heterocycles. The van der Waals surface area contributed by atoms with Crippen molar-refractivity contribution in [2.24, 2.45) is 0 Å². The van der Waals surface area contributed by atoms with E-state index in [0.717, 1.165) is 25.6 Å². The van der Waals surface area contributed by atoms with Crippen LogP contribution in [0.5, 0.6) is 0 Å². The minimum atomic E-state index is -2.40. The first-order valence-electron chi connectivity index (χ1n) is 6.87. The summed E-state index contributed by atoms with van der Waals surface area (Å²) in [5.41, 5.74) is 0. The van der Waals surface area contributed by atoms with E-state index in [1.807, 2.05) is 20.8 Å². The Hall–Kier alpha value is 0.0569. The van der Waals surface area contributed by atoms with Gasteiger partial charge in [-0.25, -0.2) is 0 Å². The van der Waals surface area contributed by atoms with Gasteiger partial charge in [0.2, 0.25) is 0 Å². The third kappa shape index (κ3) is 7.89. The molecule has 5 heteroatoms. The van der Waals surface area contributed by atoms with E-state index < -0.39 is 8.80 Å². The van der Waals surface area contributed by atoms with Crippen LogP contribution in [0.3, 0.4) is 0 Å². The lowest BCUT2D eigenvalue weighted by atomic mass is 10.4. The highest BCUT2D eigenvalue weighted by Crippen LogP contribution is 2.17. The first kappa shape index (κ1) is 17.1. The van der Waals surface area contributed by atoms with E-state index in [4.69, 9.17) is 13.3 Å². The average molecular weight is 263 g/mol. The number of hydrogen-bond donors (Lipinski definition) is 1. The Bertz CT molecular complexity index is 153. The van der Waals surface area contributed by atoms with Gasteiger partial charge in [0.1, 0.15) is 0 Å². The Morgan fingerprint density at radius 2 is 1.35 bits per heavy atom. The van der Waals surface area contributed by atoms with Crippen LogP contribution in [0, 0.1) is 0 Å². The number of rotatable bonds is 12. The van der Waals surface area contributed by atoms with E-state index in [2.05, 4.69) is 12.2 Å². The monoisotopic (exact) mass is 263 g/mol. The Labute approximate surface area is 107 Å². The summed E-state index contributed by atoms with van der Waals surface area (Å²) in [6.45, 7) is 12.2. The van der Waals surface area contributed by atoms with Gasteiger partial charge in [0.05, 0.1) is 0 Å². The van der Waals surface area contributed by atoms with Crippen LogP contribution in [0.25, 0.3) is 0 Å². The first-order valence-corrected chi connectivity index (χ1v) is 8.80. The van der Waals surface area contributed by atoms with Crippen molar-refractivity contribution < 1.29 is 13.3 Å². The fourth-order valence-electron chi connectivity index (χ4n) is 1.73. The highest BCUT2D eigenvalue weighted by molar-refractivity contribution is 6.60. The van der Waals surface area contributed by atoms with Crippen molar-refractivity contribution in [3.8, 4) is 0 Å². The van der Waals surface area contributed by atoms with Gasteiger partial charge in [0, 0.05) is 25.9 Å². The molecule has 0 aromatic heterocycles. The van der Waals surface area contributed by atoms with Crippen molar-refractivity contribution in [1.29, 1.82) is 0 Å². The second-order valence-corrected chi connectivity index (χ2v) is 6.57. The van der Waals surface area contributed by atoms with Gasteiger partial charge in [-0.1, -0.05) is 6.92 Å². The summed E-state index contributed by atoms with van der Waals surface area (Å²) < 4.78 is 17.4. The van der Waals surface area contributed by atoms with Crippen molar-refractivity contribution >= 4 is 8.80 Å². The highest BCUT2D eigenvalue weighted by Gasteiger charge is 2.39. The Balaban J connectivity index is 4.05. The largest absolute Gasteiger partial charge is 0.500 e. The summed E-state index contributed by atoms with van der Waals surface area (Å²) in [5.74, 6) is 0. The van der Waals surface area contributed by atoms with E-state index in [1.54, 1.807) is 0 Å². The fraction of sp³-hybridized carbons (Fsp3) is 1.00. The molecule has 0 amide bonds. The Kier molecular flexibility index (Phi) is 11.2. The summed E-state index contributed by atoms with van der Waals surface area (Å²) in [6.07, 6.45) is 2.22. The second kappa shape index (κ2) is 11.2. The summed E-state index contributed by atoms with van der Waals surface area (Å²) >= 11 is 0. The molecule has 0 bridgehead atoms. The zero-order valence-electron chi connectivity index (χ0n) is 11.9. The molecule has 0 spiro atoms. The van der Waals surface area contributed by atoms with E-state index in [9.17, 15) is 0 Å². The molecule has 0 unspecified atom stereocenters. The molecule has 104 valence electrons. The molecule has 0 fully saturated rings. The Morgan fingerprint density at radius 1 is 0.824 bits per heavy atom. The smallest absolute Gasteiger partial charge is 0.374 e. The van der Waals surface area contributed by atoms with Crippen LogP contribution < -0.4 is 5.32 Å². The number of nitrogens with one attached hydrogen (secondary N) is 1. The van der Waals surface area contributed by atoms with Gasteiger partial charge < -0.3 is 18.6 Å². The van der Waals surface area contributed by atoms with Gasteiger partial charge in [0.15, 0.2) is 0 Å². The van der Waals surface area contributed by atoms with Crippen LogP contribution >= 0.6 is 0 Å². The number of hydrogen-bond acceptors (Lipinski definition) is 4. The molecule has 0 radical (unpaired) electrons. The lowest BCUT2D eigenvalue weighted by Gasteiger charge is -2.28. The van der Waals surface area contributed by atoms with Crippen LogP contribution in [0.1, 0.15) is 40.5 Å². The van der Waals surface area contributed by atoms with Crippen LogP contribution in [0.15, 0.2) is 0 Å². The van der Waals surface area contributed by atoms with Crippen molar-refractivity contribution in [3.05, 3.63) is 0 Å². The van der Waals surface area contributed by atoms with Gasteiger partial charge in [-0.05, 0) is 46.7 Å². The highest BCUT2D eigenvalue weighted by atomic mass is 28.4. The molecule has 17 heavy (non-hydrogen) atoms. The van der Waals surface area contributed by atoms with Crippen LogP contribution in [-0.4, -0.2) is 41.7 Å². The summed E-state index contributed by atoms with van der Waals surface area (Å²) in [6, 6.07) is 0.902. The molecule has 0 saturated carbocycles. The second-order valence-electron chi connectivity index (χ2n) is 3.84. The van der Waals surface area contributed by atoms with Gasteiger partial charge in [0.25, 0.3) is 0 Å². The molecule has 0 heterocycles. The van der Waals surface area contributed by atoms with E-state index in [-0.39, 0.29) is 0 Å². The lowest BCUT2D eigenvalue weighted by Crippen LogP contribution is -2.46. The zero-order chi connectivity index (χ0) is 13.0. The lowest BCUT2D eigenvalue weighted by molar-refractivity contribution is 0.0708. The molecular weight excluding hydrogens is 234 g/mol. The van der Waals surface area contributed by atoms with Crippen LogP contribution in [0.2, 0.25) is 6.04 Å². The molecule has 0 aliphatic rings. The maximum absolute atomic E-state index is 5.78. The van der Waals surface area contributed by atoms with Crippen molar-refractivity contribution in [2.75, 3.05) is 32.9 Å². The molecule has 0 rings (SSSR count). The van der Waals surface area contributed by atoms with Gasteiger partial charge in [-0.3, -0.25) is 0 Å². The third-order valence-electron chi connectivity index (χ3n) is 2.36. The third-order valence-corrected chi connectivity index (χ3v) is 5.51. The first-order chi connectivity index (χ1) is 8.24. The predicted octanol–water partition coefficient (Wildman–Crippen LogP) is 2.42. The fourth-order valence-corrected chi connectivity index (χ4v) is 4.35. The predicted molar refractivity (Wildman–Crippen MR) is 73.2 cm³/mol. The topological polar surface area (TPSA) is 39.7 Å². The maximum atomic E-state index is 5.78. The standard InChI is InChI=1S/C12H29NO3Si/c1-5-10-13-11-9-12-17(14-6-2,15-7-3)16-8-4/h13H,5-12H2,1-4H3. The molecule has 0 saturated heterocycles. The summed E-state index contributed by atoms with van der Waals surface area (Å²) in [7, 11) is -2.40. The van der Waals surface area contributed by atoms with E-state index in [1.165, 1.54) is 6.42 Å². The summed E-state index contributed by atoms with van der Waals surface area (Å²) in [5, 5.41) is 3.39. The molecule has 0 aromatic carbocycles. The average Bonchev–Trinajstić information content (AvgIpc) is 2.30. The summed E-state index contributed by atoms with van der Waals surface area (Å²) in [4.78, 5) is 0. The Morgan fingerprint density at radius 3 is 1.76 bits per heavy atom. The van der Waals surface area contributed by atoms with Gasteiger partial charge in [-0.15, -0.1) is 0 Å². The minimum Gasteiger partial charge on any atom is -0.374 e. The molecular formula is C12H29NO3Si. The van der Waals surface area contributed by atoms with Crippen molar-refractivity contribution in [2.45, 2.75) is 46.6 Å². The van der Waals surface area contributed by atoms with Crippen molar-refractivity contribution in [1.82, 2.24) is 5.32 Å². The van der Waals surface area contributed by atoms with Gasteiger partial charge in [-0.2, -0.15) is 0 Å². The molecule has 0 aliphatic carbocycles. The van der Waals surface area contributed by atoms with E-state index in [0.29, 0.717) is 19.8 Å². The molecule has 4 nitrogen and oxygen atoms in total. The van der Waals surface area contributed by atoms with E-state index >= 15 is 0 Å². The maximum Gasteiger partial charge on any atom is 0.500 e. The molecule has 0 aromatic rings. The zero-order valence-corrected chi connectivity index (χ0v) is 12.9. The molecule has 0 atom stereocenters. The van der Waals surface area contributed by atoms with Crippen LogP contribution in [-0.2, 0) is 13.3 Å². The SMILES string of the molecule is CCCNCCC[Si](OCC)(OCC)OCC.